The molecule has 0 saturated heterocycles. The van der Waals surface area contributed by atoms with E-state index >= 15 is 0 Å². The fourth-order valence-corrected chi connectivity index (χ4v) is 0.570. The normalized spacial score (nSPS) is 7.62. The maximum atomic E-state index is 3.82. The second kappa shape index (κ2) is 3.57. The molecule has 41 valence electrons. The van der Waals surface area contributed by atoms with E-state index in [0.717, 1.165) is 4.47 Å². The highest BCUT2D eigenvalue weighted by atomic mass is 79.9. The molecule has 3 radical (unpaired) electrons. The van der Waals surface area contributed by atoms with Crippen LogP contribution in [0, 0.1) is 0 Å². The van der Waals surface area contributed by atoms with Gasteiger partial charge in [0.2, 0.25) is 0 Å². The molecule has 0 aliphatic rings. The van der Waals surface area contributed by atoms with Crippen molar-refractivity contribution < 1.29 is 0 Å². The molecule has 8 heavy (non-hydrogen) atoms. The Morgan fingerprint density at radius 3 is 2.00 bits per heavy atom. The van der Waals surface area contributed by atoms with Crippen LogP contribution >= 0.6 is 15.9 Å². The summed E-state index contributed by atoms with van der Waals surface area (Å²) in [6, 6.07) is 3.78. The molecular weight excluding hydrogens is 168 g/mol. The van der Waals surface area contributed by atoms with Gasteiger partial charge in [0.25, 0.3) is 0 Å². The van der Waals surface area contributed by atoms with E-state index in [1.807, 2.05) is 12.1 Å². The van der Waals surface area contributed by atoms with Gasteiger partial charge in [-0.25, -0.2) is 0 Å². The van der Waals surface area contributed by atoms with Crippen molar-refractivity contribution in [2.45, 2.75) is 0 Å². The Morgan fingerprint density at radius 2 is 1.75 bits per heavy atom. The van der Waals surface area contributed by atoms with E-state index in [2.05, 4.69) is 20.9 Å². The Labute approximate surface area is 56.7 Å². The van der Waals surface area contributed by atoms with Gasteiger partial charge < -0.3 is 0 Å². The highest BCUT2D eigenvalue weighted by Gasteiger charge is 1.75. The maximum Gasteiger partial charge on any atom is 0.0279 e. The topological polar surface area (TPSA) is 43.4 Å². The third-order valence-electron chi connectivity index (χ3n) is 0.640. The van der Waals surface area contributed by atoms with E-state index in [4.69, 9.17) is 0 Å². The lowest BCUT2D eigenvalue weighted by molar-refractivity contribution is 1.32. The van der Waals surface area contributed by atoms with E-state index in [1.165, 1.54) is 0 Å². The summed E-state index contributed by atoms with van der Waals surface area (Å²) in [6.07, 6.45) is 3.48. The highest BCUT2D eigenvalue weighted by molar-refractivity contribution is 9.10. The van der Waals surface area contributed by atoms with Gasteiger partial charge >= 0.3 is 0 Å². The van der Waals surface area contributed by atoms with Crippen LogP contribution in [0.2, 0.25) is 0 Å². The quantitative estimate of drug-likeness (QED) is 0.582. The molecule has 0 amide bonds. The molecule has 0 unspecified atom stereocenters. The van der Waals surface area contributed by atoms with Crippen LogP contribution in [0.4, 0.5) is 0 Å². The van der Waals surface area contributed by atoms with Crippen LogP contribution in [0.1, 0.15) is 0 Å². The van der Waals surface area contributed by atoms with E-state index < -0.39 is 0 Å². The van der Waals surface area contributed by atoms with Gasteiger partial charge in [-0.1, -0.05) is 15.9 Å². The van der Waals surface area contributed by atoms with Crippen molar-refractivity contribution in [2.24, 2.45) is 0 Å². The van der Waals surface area contributed by atoms with Gasteiger partial charge in [-0.15, -0.1) is 0 Å². The number of nitrogens with zero attached hydrogens (tertiary/aromatic N) is 2. The summed E-state index contributed by atoms with van der Waals surface area (Å²) >= 11 is 3.27. The lowest BCUT2D eigenvalue weighted by atomic mass is 10.5. The van der Waals surface area contributed by atoms with Crippen LogP contribution in [0.5, 0.6) is 0 Å². The standard InChI is InChI=1S/C5H4BrN.N/c6-5-1-3-7-4-2-5;/h1-4H;. The molecule has 0 saturated carbocycles. The molecule has 0 aromatic carbocycles. The van der Waals surface area contributed by atoms with Crippen molar-refractivity contribution in [3.8, 4) is 0 Å². The maximum absolute atomic E-state index is 3.82. The first-order valence-electron chi connectivity index (χ1n) is 1.95. The van der Waals surface area contributed by atoms with E-state index in [1.54, 1.807) is 12.4 Å². The molecule has 0 N–H and O–H groups in total. The van der Waals surface area contributed by atoms with Crippen molar-refractivity contribution in [1.29, 1.82) is 0 Å². The average Bonchev–Trinajstić information content (AvgIpc) is 1.69. The Bertz CT molecular complexity index is 140. The summed E-state index contributed by atoms with van der Waals surface area (Å²) < 4.78 is 1.07. The largest absolute Gasteiger partial charge is 0.265 e. The van der Waals surface area contributed by atoms with Crippen molar-refractivity contribution in [1.82, 2.24) is 11.1 Å². The summed E-state index contributed by atoms with van der Waals surface area (Å²) in [4.78, 5) is 3.82. The first-order chi connectivity index (χ1) is 3.39. The van der Waals surface area contributed by atoms with Crippen LogP contribution < -0.4 is 6.15 Å². The van der Waals surface area contributed by atoms with Crippen LogP contribution in [-0.2, 0) is 0 Å². The highest BCUT2D eigenvalue weighted by Crippen LogP contribution is 2.03. The number of halogens is 1. The monoisotopic (exact) mass is 171 g/mol. The molecule has 0 fully saturated rings. The number of rotatable bonds is 0. The Balaban J connectivity index is 0.000000490. The van der Waals surface area contributed by atoms with Crippen LogP contribution in [0.15, 0.2) is 29.0 Å². The van der Waals surface area contributed by atoms with E-state index in [9.17, 15) is 0 Å². The fourth-order valence-electron chi connectivity index (χ4n) is 0.334. The second-order valence-corrected chi connectivity index (χ2v) is 2.08. The molecule has 0 bridgehead atoms. The van der Waals surface area contributed by atoms with Crippen molar-refractivity contribution >= 4 is 15.9 Å². The minimum absolute atomic E-state index is 0. The molecule has 2 nitrogen and oxygen atoms in total. The summed E-state index contributed by atoms with van der Waals surface area (Å²) in [5, 5.41) is 0. The van der Waals surface area contributed by atoms with Crippen molar-refractivity contribution in [3.05, 3.63) is 29.0 Å². The van der Waals surface area contributed by atoms with E-state index in [-0.39, 0.29) is 6.15 Å². The number of hydrogen-bond acceptors (Lipinski definition) is 1. The van der Waals surface area contributed by atoms with Gasteiger partial charge in [-0.05, 0) is 12.1 Å². The Hall–Kier alpha value is -0.410. The van der Waals surface area contributed by atoms with Crippen molar-refractivity contribution in [2.75, 3.05) is 0 Å². The summed E-state index contributed by atoms with van der Waals surface area (Å²) in [6.45, 7) is 0. The van der Waals surface area contributed by atoms with Crippen molar-refractivity contribution in [3.63, 3.8) is 0 Å². The lowest BCUT2D eigenvalue weighted by Gasteiger charge is -1.80. The smallest absolute Gasteiger partial charge is 0.0279 e. The van der Waals surface area contributed by atoms with Gasteiger partial charge in [0, 0.05) is 23.0 Å². The van der Waals surface area contributed by atoms with Crippen LogP contribution in [0.3, 0.4) is 0 Å². The summed E-state index contributed by atoms with van der Waals surface area (Å²) in [5.74, 6) is 0. The predicted molar refractivity (Wildman–Crippen MR) is 34.1 cm³/mol. The average molecular weight is 172 g/mol. The predicted octanol–water partition coefficient (Wildman–Crippen LogP) is 1.36. The SMILES string of the molecule is Brc1ccncc1.[N]. The Kier molecular flexibility index (Phi) is 3.39. The van der Waals surface area contributed by atoms with Gasteiger partial charge in [0.15, 0.2) is 0 Å². The van der Waals surface area contributed by atoms with Gasteiger partial charge in [-0.2, -0.15) is 0 Å². The third-order valence-corrected chi connectivity index (χ3v) is 1.17. The molecule has 3 heteroatoms. The lowest BCUT2D eigenvalue weighted by Crippen LogP contribution is -1.63. The molecule has 1 aromatic heterocycles. The number of pyridine rings is 1. The molecule has 0 spiro atoms. The third kappa shape index (κ3) is 2.04. The minimum atomic E-state index is 0. The molecule has 1 rings (SSSR count). The van der Waals surface area contributed by atoms with Gasteiger partial charge in [-0.3, -0.25) is 4.98 Å². The fraction of sp³-hybridized carbons (Fsp3) is 0. The number of hydrogen-bond donors (Lipinski definition) is 0. The molecule has 1 heterocycles. The zero-order valence-corrected chi connectivity index (χ0v) is 5.67. The zero-order chi connectivity index (χ0) is 5.11. The van der Waals surface area contributed by atoms with E-state index in [0.29, 0.717) is 0 Å². The van der Waals surface area contributed by atoms with Crippen LogP contribution in [-0.4, -0.2) is 4.98 Å². The minimum Gasteiger partial charge on any atom is -0.265 e. The molecule has 0 aliphatic carbocycles. The zero-order valence-electron chi connectivity index (χ0n) is 4.08. The van der Waals surface area contributed by atoms with Crippen LogP contribution in [0.25, 0.3) is 0 Å². The molecular formula is C5H4BrN2. The first kappa shape index (κ1) is 7.59. The number of aromatic nitrogens is 1. The summed E-state index contributed by atoms with van der Waals surface area (Å²) in [7, 11) is 0. The second-order valence-electron chi connectivity index (χ2n) is 1.17. The first-order valence-corrected chi connectivity index (χ1v) is 2.74. The van der Waals surface area contributed by atoms with Gasteiger partial charge in [0.1, 0.15) is 0 Å². The van der Waals surface area contributed by atoms with Gasteiger partial charge in [0.05, 0.1) is 0 Å². The summed E-state index contributed by atoms with van der Waals surface area (Å²) in [5.41, 5.74) is 0. The Morgan fingerprint density at radius 1 is 1.25 bits per heavy atom. The molecule has 0 atom stereocenters. The molecule has 1 aromatic rings. The molecule has 0 aliphatic heterocycles.